The third-order valence-corrected chi connectivity index (χ3v) is 3.71. The van der Waals surface area contributed by atoms with E-state index in [-0.39, 0.29) is 6.61 Å². The van der Waals surface area contributed by atoms with Gasteiger partial charge in [-0.05, 0) is 0 Å². The van der Waals surface area contributed by atoms with Gasteiger partial charge in [0.2, 0.25) is 5.91 Å². The molecule has 0 spiro atoms. The van der Waals surface area contributed by atoms with Gasteiger partial charge in [-0.15, -0.1) is 11.8 Å². The summed E-state index contributed by atoms with van der Waals surface area (Å²) < 4.78 is 0. The fourth-order valence-electron chi connectivity index (χ4n) is 1.60. The molecule has 0 aromatic rings. The number of aliphatic hydroxyl groups is 3. The maximum absolute atomic E-state index is 10.9. The van der Waals surface area contributed by atoms with E-state index < -0.39 is 34.8 Å². The van der Waals surface area contributed by atoms with Crippen LogP contribution in [-0.2, 0) is 9.68 Å². The Kier molecular flexibility index (Phi) is 4.96. The Morgan fingerprint density at radius 3 is 2.56 bits per heavy atom. The van der Waals surface area contributed by atoms with Crippen LogP contribution in [0, 0.1) is 0 Å². The van der Waals surface area contributed by atoms with E-state index in [0.717, 1.165) is 11.8 Å². The van der Waals surface area contributed by atoms with E-state index >= 15 is 0 Å². The van der Waals surface area contributed by atoms with Crippen LogP contribution in [0.15, 0.2) is 0 Å². The number of hydrogen-bond acceptors (Lipinski definition) is 7. The number of nitrogens with one attached hydrogen (secondary N) is 1. The van der Waals surface area contributed by atoms with E-state index in [4.69, 9.17) is 10.4 Å². The van der Waals surface area contributed by atoms with Crippen molar-refractivity contribution in [3.63, 3.8) is 0 Å². The molecule has 0 aromatic heterocycles. The summed E-state index contributed by atoms with van der Waals surface area (Å²) in [4.78, 5) is 14.9. The fourth-order valence-corrected chi connectivity index (χ4v) is 2.75. The van der Waals surface area contributed by atoms with E-state index in [1.54, 1.807) is 0 Å². The highest BCUT2D eigenvalue weighted by molar-refractivity contribution is 8.00. The zero-order chi connectivity index (χ0) is 12.3. The molecule has 0 unspecified atom stereocenters. The normalized spacial score (nSPS) is 39.4. The summed E-state index contributed by atoms with van der Waals surface area (Å²) in [5, 5.41) is 38.7. The Hall–Kier alpha value is -0.380. The lowest BCUT2D eigenvalue weighted by molar-refractivity contribution is -0.306. The molecule has 1 aliphatic heterocycles. The number of carbonyl (C=O) groups is 1. The van der Waals surface area contributed by atoms with Crippen LogP contribution in [0.5, 0.6) is 0 Å². The molecule has 1 rings (SSSR count). The summed E-state index contributed by atoms with van der Waals surface area (Å²) in [5.41, 5.74) is -1.07. The van der Waals surface area contributed by atoms with Gasteiger partial charge < -0.3 is 20.6 Å². The second kappa shape index (κ2) is 5.80. The first kappa shape index (κ1) is 13.7. The number of amides is 1. The van der Waals surface area contributed by atoms with E-state index in [1.165, 1.54) is 6.92 Å². The third-order valence-electron chi connectivity index (χ3n) is 2.36. The lowest BCUT2D eigenvalue weighted by Crippen LogP contribution is -2.61. The van der Waals surface area contributed by atoms with Gasteiger partial charge in [-0.1, -0.05) is 0 Å². The number of aliphatic hydroxyl groups excluding tert-OH is 3. The van der Waals surface area contributed by atoms with Crippen molar-refractivity contribution < 1.29 is 30.3 Å². The first-order valence-corrected chi connectivity index (χ1v) is 5.65. The molecule has 1 amide bonds. The Morgan fingerprint density at radius 2 is 2.12 bits per heavy atom. The van der Waals surface area contributed by atoms with Gasteiger partial charge in [0, 0.05) is 6.92 Å². The van der Waals surface area contributed by atoms with Crippen molar-refractivity contribution in [1.82, 2.24) is 5.32 Å². The van der Waals surface area contributed by atoms with Crippen molar-refractivity contribution in [3.8, 4) is 0 Å². The van der Waals surface area contributed by atoms with Crippen LogP contribution in [0.1, 0.15) is 6.92 Å². The predicted molar refractivity (Wildman–Crippen MR) is 55.6 cm³/mol. The van der Waals surface area contributed by atoms with Gasteiger partial charge in [-0.25, -0.2) is 4.89 Å². The molecule has 1 fully saturated rings. The Labute approximate surface area is 96.3 Å². The van der Waals surface area contributed by atoms with Crippen LogP contribution in [-0.4, -0.2) is 62.0 Å². The third kappa shape index (κ3) is 2.84. The molecule has 8 heteroatoms. The van der Waals surface area contributed by atoms with Crippen molar-refractivity contribution in [2.45, 2.75) is 35.9 Å². The minimum absolute atomic E-state index is 0.366. The molecule has 94 valence electrons. The lowest BCUT2D eigenvalue weighted by Gasteiger charge is -2.40. The van der Waals surface area contributed by atoms with Crippen LogP contribution in [0.2, 0.25) is 0 Å². The first-order chi connectivity index (χ1) is 7.51. The summed E-state index contributed by atoms with van der Waals surface area (Å²) in [6.07, 6.45) is -2.35. The molecular weight excluding hydrogens is 238 g/mol. The van der Waals surface area contributed by atoms with Gasteiger partial charge >= 0.3 is 0 Å². The van der Waals surface area contributed by atoms with E-state index in [1.807, 2.05) is 0 Å². The second-order valence-corrected chi connectivity index (χ2v) is 4.90. The SMILES string of the molecule is CC(=O)N[C@@H]1[C@@H](OO)[C@@H](O)[C@@H](CO)S[C@@H]1O. The molecule has 7 nitrogen and oxygen atoms in total. The highest BCUT2D eigenvalue weighted by Gasteiger charge is 2.45. The summed E-state index contributed by atoms with van der Waals surface area (Å²) in [5.74, 6) is -0.415. The summed E-state index contributed by atoms with van der Waals surface area (Å²) in [7, 11) is 0. The van der Waals surface area contributed by atoms with Crippen molar-refractivity contribution >= 4 is 17.7 Å². The van der Waals surface area contributed by atoms with Crippen LogP contribution in [0.25, 0.3) is 0 Å². The van der Waals surface area contributed by atoms with Crippen LogP contribution >= 0.6 is 11.8 Å². The number of carbonyl (C=O) groups excluding carboxylic acids is 1. The molecule has 16 heavy (non-hydrogen) atoms. The largest absolute Gasteiger partial charge is 0.395 e. The van der Waals surface area contributed by atoms with E-state index in [0.29, 0.717) is 0 Å². The maximum atomic E-state index is 10.9. The second-order valence-electron chi connectivity index (χ2n) is 3.53. The van der Waals surface area contributed by atoms with Crippen LogP contribution in [0.4, 0.5) is 0 Å². The molecule has 0 aromatic carbocycles. The van der Waals surface area contributed by atoms with Gasteiger partial charge in [0.15, 0.2) is 0 Å². The highest BCUT2D eigenvalue weighted by atomic mass is 32.2. The molecule has 1 aliphatic rings. The number of rotatable bonds is 3. The monoisotopic (exact) mass is 253 g/mol. The standard InChI is InChI=1S/C8H15NO6S/c1-3(11)9-5-7(15-14)6(12)4(2-10)16-8(5)13/h4-8,10,12-14H,2H2,1H3,(H,9,11)/t4-,5-,6+,7-,8+/m1/s1. The minimum atomic E-state index is -1.18. The van der Waals surface area contributed by atoms with Gasteiger partial charge in [-0.3, -0.25) is 10.1 Å². The van der Waals surface area contributed by atoms with Crippen LogP contribution in [0.3, 0.4) is 0 Å². The van der Waals surface area contributed by atoms with E-state index in [9.17, 15) is 15.0 Å². The maximum Gasteiger partial charge on any atom is 0.217 e. The van der Waals surface area contributed by atoms with Crippen molar-refractivity contribution in [1.29, 1.82) is 0 Å². The highest BCUT2D eigenvalue weighted by Crippen LogP contribution is 2.32. The Morgan fingerprint density at radius 1 is 1.50 bits per heavy atom. The molecule has 0 bridgehead atoms. The summed E-state index contributed by atoms with van der Waals surface area (Å²) >= 11 is 0.913. The Bertz CT molecular complexity index is 253. The molecule has 0 radical (unpaired) electrons. The average molecular weight is 253 g/mol. The number of thioether (sulfide) groups is 1. The zero-order valence-electron chi connectivity index (χ0n) is 8.61. The fraction of sp³-hybridized carbons (Fsp3) is 0.875. The molecule has 1 saturated heterocycles. The van der Waals surface area contributed by atoms with Gasteiger partial charge in [0.25, 0.3) is 0 Å². The van der Waals surface area contributed by atoms with Gasteiger partial charge in [-0.2, -0.15) is 0 Å². The van der Waals surface area contributed by atoms with Crippen molar-refractivity contribution in [2.75, 3.05) is 6.61 Å². The lowest BCUT2D eigenvalue weighted by atomic mass is 10.0. The smallest absolute Gasteiger partial charge is 0.217 e. The molecular formula is C8H15NO6S. The summed E-state index contributed by atoms with van der Waals surface area (Å²) in [6, 6.07) is -0.926. The Balaban J connectivity index is 2.78. The van der Waals surface area contributed by atoms with Crippen molar-refractivity contribution in [3.05, 3.63) is 0 Å². The van der Waals surface area contributed by atoms with Crippen molar-refractivity contribution in [2.24, 2.45) is 0 Å². The molecule has 1 heterocycles. The average Bonchev–Trinajstić information content (AvgIpc) is 2.23. The molecule has 0 saturated carbocycles. The molecule has 5 atom stereocenters. The zero-order valence-corrected chi connectivity index (χ0v) is 9.42. The van der Waals surface area contributed by atoms with E-state index in [2.05, 4.69) is 10.2 Å². The molecule has 0 aliphatic carbocycles. The topological polar surface area (TPSA) is 119 Å². The molecule has 5 N–H and O–H groups in total. The van der Waals surface area contributed by atoms with Crippen LogP contribution < -0.4 is 5.32 Å². The predicted octanol–water partition coefficient (Wildman–Crippen LogP) is -1.86. The van der Waals surface area contributed by atoms with Gasteiger partial charge in [0.1, 0.15) is 11.5 Å². The quantitative estimate of drug-likeness (QED) is 0.295. The minimum Gasteiger partial charge on any atom is -0.395 e. The number of hydrogen-bond donors (Lipinski definition) is 5. The first-order valence-electron chi connectivity index (χ1n) is 4.71. The summed E-state index contributed by atoms with van der Waals surface area (Å²) in [6.45, 7) is 0.881. The van der Waals surface area contributed by atoms with Gasteiger partial charge in [0.05, 0.1) is 24.0 Å².